The minimum absolute atomic E-state index is 0.101. The molecule has 0 aromatic carbocycles. The van der Waals surface area contributed by atoms with Crippen LogP contribution in [0.4, 0.5) is 0 Å². The smallest absolute Gasteiger partial charge is 0.0662 e. The summed E-state index contributed by atoms with van der Waals surface area (Å²) in [5.41, 5.74) is 0. The van der Waals surface area contributed by atoms with Crippen LogP contribution in [0, 0.1) is 5.92 Å². The summed E-state index contributed by atoms with van der Waals surface area (Å²) in [5.74, 6) is 0.260. The van der Waals surface area contributed by atoms with E-state index in [-0.39, 0.29) is 24.7 Å². The van der Waals surface area contributed by atoms with Crippen LogP contribution in [-0.4, -0.2) is 35.5 Å². The van der Waals surface area contributed by atoms with Crippen molar-refractivity contribution in [1.82, 2.24) is 5.32 Å². The van der Waals surface area contributed by atoms with Gasteiger partial charge in [0.05, 0.1) is 6.10 Å². The maximum absolute atomic E-state index is 9.08. The summed E-state index contributed by atoms with van der Waals surface area (Å²) in [5, 5.41) is 20.9. The first kappa shape index (κ1) is 10.9. The summed E-state index contributed by atoms with van der Waals surface area (Å²) in [6, 6.07) is 0.101. The predicted octanol–water partition coefficient (Wildman–Crippen LogP) is -0.0263. The fourth-order valence-corrected chi connectivity index (χ4v) is 0.622. The summed E-state index contributed by atoms with van der Waals surface area (Å²) >= 11 is 0. The molecule has 0 amide bonds. The van der Waals surface area contributed by atoms with Crippen LogP contribution in [0.2, 0.25) is 0 Å². The van der Waals surface area contributed by atoms with Gasteiger partial charge in [-0.2, -0.15) is 0 Å². The van der Waals surface area contributed by atoms with Crippen LogP contribution < -0.4 is 5.32 Å². The van der Waals surface area contributed by atoms with Gasteiger partial charge in [-0.1, -0.05) is 6.92 Å². The van der Waals surface area contributed by atoms with Gasteiger partial charge < -0.3 is 15.5 Å². The molecule has 3 atom stereocenters. The van der Waals surface area contributed by atoms with E-state index in [1.807, 2.05) is 13.8 Å². The van der Waals surface area contributed by atoms with E-state index in [1.54, 1.807) is 6.92 Å². The normalized spacial score (nSPS) is 19.4. The Morgan fingerprint density at radius 3 is 2.18 bits per heavy atom. The van der Waals surface area contributed by atoms with Gasteiger partial charge in [0.1, 0.15) is 0 Å². The highest BCUT2D eigenvalue weighted by Gasteiger charge is 2.08. The second-order valence-electron chi connectivity index (χ2n) is 3.23. The van der Waals surface area contributed by atoms with Crippen LogP contribution in [0.1, 0.15) is 20.8 Å². The number of hydrogen-bond acceptors (Lipinski definition) is 3. The third-order valence-corrected chi connectivity index (χ3v) is 1.82. The van der Waals surface area contributed by atoms with E-state index < -0.39 is 0 Å². The molecule has 3 N–H and O–H groups in total. The lowest BCUT2D eigenvalue weighted by atomic mass is 10.1. The zero-order chi connectivity index (χ0) is 8.85. The summed E-state index contributed by atoms with van der Waals surface area (Å²) in [7, 11) is 0. The fourth-order valence-electron chi connectivity index (χ4n) is 0.622. The van der Waals surface area contributed by atoms with Crippen molar-refractivity contribution in [3.63, 3.8) is 0 Å². The van der Waals surface area contributed by atoms with Crippen LogP contribution in [0.5, 0.6) is 0 Å². The fraction of sp³-hybridized carbons (Fsp3) is 1.00. The minimum Gasteiger partial charge on any atom is -0.396 e. The molecule has 3 heteroatoms. The number of aliphatic hydroxyl groups is 2. The van der Waals surface area contributed by atoms with Crippen LogP contribution in [-0.2, 0) is 0 Å². The summed E-state index contributed by atoms with van der Waals surface area (Å²) in [6.45, 7) is 6.58. The van der Waals surface area contributed by atoms with Crippen molar-refractivity contribution in [1.29, 1.82) is 0 Å². The molecule has 0 aliphatic heterocycles. The molecule has 68 valence electrons. The highest BCUT2D eigenvalue weighted by Crippen LogP contribution is 1.94. The lowest BCUT2D eigenvalue weighted by Gasteiger charge is -2.18. The van der Waals surface area contributed by atoms with Gasteiger partial charge in [0.2, 0.25) is 0 Å². The molecule has 0 saturated heterocycles. The van der Waals surface area contributed by atoms with Gasteiger partial charge in [-0.05, 0) is 19.8 Å². The largest absolute Gasteiger partial charge is 0.396 e. The monoisotopic (exact) mass is 161 g/mol. The Morgan fingerprint density at radius 1 is 1.27 bits per heavy atom. The Kier molecular flexibility index (Phi) is 5.46. The first-order valence-electron chi connectivity index (χ1n) is 4.10. The first-order chi connectivity index (χ1) is 5.07. The van der Waals surface area contributed by atoms with E-state index >= 15 is 0 Å². The van der Waals surface area contributed by atoms with Gasteiger partial charge in [-0.25, -0.2) is 0 Å². The molecule has 3 unspecified atom stereocenters. The van der Waals surface area contributed by atoms with Crippen molar-refractivity contribution in [2.24, 2.45) is 5.92 Å². The predicted molar refractivity (Wildman–Crippen MR) is 45.4 cm³/mol. The molecule has 0 saturated carbocycles. The molecule has 0 aromatic heterocycles. The van der Waals surface area contributed by atoms with Crippen molar-refractivity contribution in [3.05, 3.63) is 0 Å². The second-order valence-corrected chi connectivity index (χ2v) is 3.23. The number of hydrogen-bond donors (Lipinski definition) is 3. The highest BCUT2D eigenvalue weighted by molar-refractivity contribution is 4.67. The molecule has 0 aliphatic rings. The highest BCUT2D eigenvalue weighted by atomic mass is 16.3. The minimum atomic E-state index is -0.333. The molecule has 0 aromatic rings. The Balaban J connectivity index is 3.37. The zero-order valence-electron chi connectivity index (χ0n) is 7.54. The van der Waals surface area contributed by atoms with Crippen LogP contribution in [0.15, 0.2) is 0 Å². The maximum Gasteiger partial charge on any atom is 0.0662 e. The SMILES string of the molecule is CC(CO)CNC(C)C(C)O. The average Bonchev–Trinajstić information content (AvgIpc) is 1.99. The van der Waals surface area contributed by atoms with Gasteiger partial charge in [-0.15, -0.1) is 0 Å². The second kappa shape index (κ2) is 5.52. The van der Waals surface area contributed by atoms with Crippen molar-refractivity contribution < 1.29 is 10.2 Å². The molecule has 0 rings (SSSR count). The summed E-state index contributed by atoms with van der Waals surface area (Å²) < 4.78 is 0. The van der Waals surface area contributed by atoms with Crippen molar-refractivity contribution in [2.75, 3.05) is 13.2 Å². The van der Waals surface area contributed by atoms with Gasteiger partial charge in [0.25, 0.3) is 0 Å². The Bertz CT molecular complexity index is 96.1. The molecule has 0 fully saturated rings. The molecular weight excluding hydrogens is 142 g/mol. The standard InChI is InChI=1S/C8H19NO2/c1-6(5-10)4-9-7(2)8(3)11/h6-11H,4-5H2,1-3H3. The topological polar surface area (TPSA) is 52.5 Å². The molecule has 0 aliphatic carbocycles. The van der Waals surface area contributed by atoms with Crippen molar-refractivity contribution >= 4 is 0 Å². The summed E-state index contributed by atoms with van der Waals surface area (Å²) in [4.78, 5) is 0. The van der Waals surface area contributed by atoms with E-state index in [0.29, 0.717) is 0 Å². The molecular formula is C8H19NO2. The Labute approximate surface area is 68.4 Å². The first-order valence-corrected chi connectivity index (χ1v) is 4.10. The number of aliphatic hydroxyl groups excluding tert-OH is 2. The van der Waals surface area contributed by atoms with E-state index in [9.17, 15) is 0 Å². The number of nitrogens with one attached hydrogen (secondary N) is 1. The zero-order valence-corrected chi connectivity index (χ0v) is 7.54. The maximum atomic E-state index is 9.08. The number of rotatable bonds is 5. The summed E-state index contributed by atoms with van der Waals surface area (Å²) in [6.07, 6.45) is -0.333. The molecule has 0 radical (unpaired) electrons. The lowest BCUT2D eigenvalue weighted by molar-refractivity contribution is 0.145. The molecule has 0 spiro atoms. The van der Waals surface area contributed by atoms with Gasteiger partial charge in [0.15, 0.2) is 0 Å². The molecule has 0 heterocycles. The average molecular weight is 161 g/mol. The van der Waals surface area contributed by atoms with Crippen LogP contribution >= 0.6 is 0 Å². The van der Waals surface area contributed by atoms with Crippen molar-refractivity contribution in [3.8, 4) is 0 Å². The van der Waals surface area contributed by atoms with E-state index in [4.69, 9.17) is 10.2 Å². The molecule has 3 nitrogen and oxygen atoms in total. The Hall–Kier alpha value is -0.120. The van der Waals surface area contributed by atoms with E-state index in [0.717, 1.165) is 6.54 Å². The quantitative estimate of drug-likeness (QED) is 0.531. The Morgan fingerprint density at radius 2 is 1.82 bits per heavy atom. The van der Waals surface area contributed by atoms with Gasteiger partial charge >= 0.3 is 0 Å². The van der Waals surface area contributed by atoms with Crippen molar-refractivity contribution in [2.45, 2.75) is 32.9 Å². The van der Waals surface area contributed by atoms with Gasteiger partial charge in [0, 0.05) is 19.2 Å². The van der Waals surface area contributed by atoms with Crippen LogP contribution in [0.3, 0.4) is 0 Å². The van der Waals surface area contributed by atoms with E-state index in [1.165, 1.54) is 0 Å². The molecule has 0 bridgehead atoms. The molecule has 11 heavy (non-hydrogen) atoms. The third kappa shape index (κ3) is 5.18. The van der Waals surface area contributed by atoms with E-state index in [2.05, 4.69) is 5.32 Å². The van der Waals surface area contributed by atoms with Crippen LogP contribution in [0.25, 0.3) is 0 Å². The lowest BCUT2D eigenvalue weighted by Crippen LogP contribution is -2.38. The van der Waals surface area contributed by atoms with Gasteiger partial charge in [-0.3, -0.25) is 0 Å². The third-order valence-electron chi connectivity index (χ3n) is 1.82.